The Morgan fingerprint density at radius 3 is 2.65 bits per heavy atom. The number of nitrogens with zero attached hydrogens (tertiary/aromatic N) is 1. The smallest absolute Gasteiger partial charge is 0.353 e. The van der Waals surface area contributed by atoms with Crippen molar-refractivity contribution in [3.63, 3.8) is 0 Å². The van der Waals surface area contributed by atoms with Gasteiger partial charge >= 0.3 is 5.97 Å². The molecule has 1 atom stereocenters. The Kier molecular flexibility index (Phi) is 2.89. The Balaban J connectivity index is 1.96. The minimum absolute atomic E-state index is 0.337. The predicted molar refractivity (Wildman–Crippen MR) is 63.7 cm³/mol. The van der Waals surface area contributed by atoms with E-state index >= 15 is 0 Å². The van der Waals surface area contributed by atoms with Crippen LogP contribution in [0.4, 0.5) is 0 Å². The lowest BCUT2D eigenvalue weighted by molar-refractivity contribution is -0.178. The Hall–Kier alpha value is -1.10. The molecule has 5 heteroatoms. The first-order valence-corrected chi connectivity index (χ1v) is 5.99. The SMILES string of the molecule is CC(C)(C)OC(=O)C1(C)CC(C2CNC2)=NO1. The molecule has 5 nitrogen and oxygen atoms in total. The van der Waals surface area contributed by atoms with Gasteiger partial charge in [-0.1, -0.05) is 5.16 Å². The van der Waals surface area contributed by atoms with Crippen LogP contribution in [0.15, 0.2) is 5.16 Å². The van der Waals surface area contributed by atoms with E-state index in [0.717, 1.165) is 18.8 Å². The highest BCUT2D eigenvalue weighted by molar-refractivity contribution is 5.95. The van der Waals surface area contributed by atoms with Crippen molar-refractivity contribution in [1.82, 2.24) is 5.32 Å². The highest BCUT2D eigenvalue weighted by atomic mass is 16.7. The van der Waals surface area contributed by atoms with E-state index in [4.69, 9.17) is 9.57 Å². The number of oxime groups is 1. The largest absolute Gasteiger partial charge is 0.457 e. The first-order chi connectivity index (χ1) is 7.80. The number of ether oxygens (including phenoxy) is 1. The van der Waals surface area contributed by atoms with E-state index in [1.807, 2.05) is 20.8 Å². The molecule has 2 aliphatic rings. The van der Waals surface area contributed by atoms with Crippen molar-refractivity contribution >= 4 is 11.7 Å². The van der Waals surface area contributed by atoms with Gasteiger partial charge in [0.2, 0.25) is 5.60 Å². The van der Waals surface area contributed by atoms with Gasteiger partial charge in [0.05, 0.1) is 5.71 Å². The summed E-state index contributed by atoms with van der Waals surface area (Å²) in [7, 11) is 0. The van der Waals surface area contributed by atoms with E-state index in [1.54, 1.807) is 6.92 Å². The summed E-state index contributed by atoms with van der Waals surface area (Å²) in [5.74, 6) is 0.0790. The van der Waals surface area contributed by atoms with Gasteiger partial charge in [0, 0.05) is 25.4 Å². The molecule has 1 N–H and O–H groups in total. The quantitative estimate of drug-likeness (QED) is 0.734. The Labute approximate surface area is 102 Å². The number of hydrogen-bond acceptors (Lipinski definition) is 5. The van der Waals surface area contributed by atoms with Crippen molar-refractivity contribution in [2.24, 2.45) is 11.1 Å². The van der Waals surface area contributed by atoms with Gasteiger partial charge in [-0.25, -0.2) is 4.79 Å². The summed E-state index contributed by atoms with van der Waals surface area (Å²) >= 11 is 0. The van der Waals surface area contributed by atoms with Gasteiger partial charge in [0.1, 0.15) is 5.60 Å². The van der Waals surface area contributed by atoms with E-state index < -0.39 is 11.2 Å². The van der Waals surface area contributed by atoms with Gasteiger partial charge in [-0.15, -0.1) is 0 Å². The standard InChI is InChI=1S/C12H20N2O3/c1-11(2,3)16-10(15)12(4)5-9(14-17-12)8-6-13-7-8/h8,13H,5-7H2,1-4H3. The van der Waals surface area contributed by atoms with Crippen LogP contribution in [0.2, 0.25) is 0 Å². The van der Waals surface area contributed by atoms with Gasteiger partial charge in [0.15, 0.2) is 0 Å². The third-order valence-electron chi connectivity index (χ3n) is 2.97. The third kappa shape index (κ3) is 2.60. The fourth-order valence-corrected chi connectivity index (χ4v) is 1.81. The van der Waals surface area contributed by atoms with Crippen LogP contribution in [0.5, 0.6) is 0 Å². The molecule has 17 heavy (non-hydrogen) atoms. The van der Waals surface area contributed by atoms with Crippen LogP contribution >= 0.6 is 0 Å². The van der Waals surface area contributed by atoms with Crippen molar-refractivity contribution < 1.29 is 14.4 Å². The third-order valence-corrected chi connectivity index (χ3v) is 2.97. The average Bonchev–Trinajstić information content (AvgIpc) is 2.43. The van der Waals surface area contributed by atoms with E-state index in [1.165, 1.54) is 0 Å². The molecule has 96 valence electrons. The highest BCUT2D eigenvalue weighted by Crippen LogP contribution is 2.30. The Morgan fingerprint density at radius 2 is 2.18 bits per heavy atom. The van der Waals surface area contributed by atoms with Crippen LogP contribution in [0, 0.1) is 5.92 Å². The Morgan fingerprint density at radius 1 is 1.53 bits per heavy atom. The molecule has 1 unspecified atom stereocenters. The summed E-state index contributed by atoms with van der Waals surface area (Å²) in [4.78, 5) is 17.3. The topological polar surface area (TPSA) is 59.9 Å². The van der Waals surface area contributed by atoms with Gasteiger partial charge < -0.3 is 14.9 Å². The van der Waals surface area contributed by atoms with Gasteiger partial charge in [-0.05, 0) is 27.7 Å². The number of nitrogens with one attached hydrogen (secondary N) is 1. The Bertz CT molecular complexity index is 355. The molecule has 0 aromatic carbocycles. The van der Waals surface area contributed by atoms with Crippen LogP contribution < -0.4 is 5.32 Å². The molecular formula is C12H20N2O3. The number of esters is 1. The van der Waals surface area contributed by atoms with Gasteiger partial charge in [-0.3, -0.25) is 0 Å². The zero-order valence-corrected chi connectivity index (χ0v) is 10.9. The molecule has 0 aromatic heterocycles. The molecule has 2 heterocycles. The predicted octanol–water partition coefficient (Wildman–Crippen LogP) is 1.08. The second-order valence-electron chi connectivity index (χ2n) is 5.94. The maximum atomic E-state index is 12.0. The number of carbonyl (C=O) groups excluding carboxylic acids is 1. The fraction of sp³-hybridized carbons (Fsp3) is 0.833. The summed E-state index contributed by atoms with van der Waals surface area (Å²) in [6, 6.07) is 0. The van der Waals surface area contributed by atoms with Crippen molar-refractivity contribution in [1.29, 1.82) is 0 Å². The molecule has 0 aromatic rings. The first kappa shape index (κ1) is 12.4. The minimum atomic E-state index is -0.946. The highest BCUT2D eigenvalue weighted by Gasteiger charge is 2.46. The molecule has 1 saturated heterocycles. The number of hydrogen-bond donors (Lipinski definition) is 1. The zero-order chi connectivity index (χ0) is 12.7. The second-order valence-corrected chi connectivity index (χ2v) is 5.94. The fourth-order valence-electron chi connectivity index (χ4n) is 1.81. The maximum Gasteiger partial charge on any atom is 0.353 e. The van der Waals surface area contributed by atoms with Crippen LogP contribution in [0.3, 0.4) is 0 Å². The van der Waals surface area contributed by atoms with E-state index in [-0.39, 0.29) is 5.97 Å². The summed E-state index contributed by atoms with van der Waals surface area (Å²) in [6.45, 7) is 9.13. The van der Waals surface area contributed by atoms with Crippen LogP contribution in [-0.2, 0) is 14.4 Å². The van der Waals surface area contributed by atoms with Crippen molar-refractivity contribution in [2.75, 3.05) is 13.1 Å². The van der Waals surface area contributed by atoms with Gasteiger partial charge in [-0.2, -0.15) is 0 Å². The molecule has 1 fully saturated rings. The maximum absolute atomic E-state index is 12.0. The molecule has 0 spiro atoms. The average molecular weight is 240 g/mol. The number of rotatable bonds is 2. The molecular weight excluding hydrogens is 220 g/mol. The van der Waals surface area contributed by atoms with Crippen LogP contribution in [0.25, 0.3) is 0 Å². The lowest BCUT2D eigenvalue weighted by Crippen LogP contribution is -2.48. The molecule has 0 saturated carbocycles. The van der Waals surface area contributed by atoms with Crippen molar-refractivity contribution in [3.8, 4) is 0 Å². The normalized spacial score (nSPS) is 29.3. The molecule has 2 aliphatic heterocycles. The van der Waals surface area contributed by atoms with Crippen LogP contribution in [-0.4, -0.2) is 36.0 Å². The van der Waals surface area contributed by atoms with E-state index in [9.17, 15) is 4.79 Å². The summed E-state index contributed by atoms with van der Waals surface area (Å²) in [5, 5.41) is 7.22. The van der Waals surface area contributed by atoms with Crippen molar-refractivity contribution in [3.05, 3.63) is 0 Å². The molecule has 0 radical (unpaired) electrons. The minimum Gasteiger partial charge on any atom is -0.457 e. The second kappa shape index (κ2) is 3.98. The zero-order valence-electron chi connectivity index (χ0n) is 10.9. The molecule has 0 bridgehead atoms. The molecule has 0 amide bonds. The summed E-state index contributed by atoms with van der Waals surface area (Å²) < 4.78 is 5.35. The monoisotopic (exact) mass is 240 g/mol. The molecule has 0 aliphatic carbocycles. The lowest BCUT2D eigenvalue weighted by Gasteiger charge is -2.28. The molecule has 2 rings (SSSR count). The van der Waals surface area contributed by atoms with Crippen LogP contribution in [0.1, 0.15) is 34.1 Å². The van der Waals surface area contributed by atoms with E-state index in [2.05, 4.69) is 10.5 Å². The van der Waals surface area contributed by atoms with Gasteiger partial charge in [0.25, 0.3) is 0 Å². The van der Waals surface area contributed by atoms with Crippen molar-refractivity contribution in [2.45, 2.75) is 45.3 Å². The lowest BCUT2D eigenvalue weighted by atomic mass is 9.89. The number of carbonyl (C=O) groups is 1. The summed E-state index contributed by atoms with van der Waals surface area (Å²) in [6.07, 6.45) is 0.536. The summed E-state index contributed by atoms with van der Waals surface area (Å²) in [5.41, 5.74) is -0.472. The first-order valence-electron chi connectivity index (χ1n) is 5.99. The van der Waals surface area contributed by atoms with E-state index in [0.29, 0.717) is 12.3 Å².